The van der Waals surface area contributed by atoms with Gasteiger partial charge in [0, 0.05) is 0 Å². The molecule has 0 aliphatic heterocycles. The molecule has 1 unspecified atom stereocenters. The fraction of sp³-hybridized carbons (Fsp3) is 0.188. The van der Waals surface area contributed by atoms with Gasteiger partial charge in [-0.3, -0.25) is 4.79 Å². The van der Waals surface area contributed by atoms with Crippen LogP contribution < -0.4 is 10.1 Å². The van der Waals surface area contributed by atoms with Gasteiger partial charge in [0.1, 0.15) is 17.3 Å². The second kappa shape index (κ2) is 6.74. The van der Waals surface area contributed by atoms with E-state index < -0.39 is 17.8 Å². The van der Waals surface area contributed by atoms with E-state index in [1.54, 1.807) is 31.2 Å². The largest absolute Gasteiger partial charge is 0.508 e. The maximum absolute atomic E-state index is 13.5. The highest BCUT2D eigenvalue weighted by atomic mass is 19.1. The Labute approximate surface area is 122 Å². The Bertz CT molecular complexity index is 613. The minimum absolute atomic E-state index is 0.117. The molecule has 0 radical (unpaired) electrons. The number of aromatic hydroxyl groups is 1. The summed E-state index contributed by atoms with van der Waals surface area (Å²) in [7, 11) is 0. The summed E-state index contributed by atoms with van der Waals surface area (Å²) in [5.41, 5.74) is 0.121. The molecular formula is C16H16FNO3. The summed E-state index contributed by atoms with van der Waals surface area (Å²) in [5.74, 6) is -0.337. The number of ether oxygens (including phenoxy) is 1. The van der Waals surface area contributed by atoms with Crippen molar-refractivity contribution in [3.05, 3.63) is 54.3 Å². The van der Waals surface area contributed by atoms with Gasteiger partial charge in [-0.25, -0.2) is 4.39 Å². The lowest BCUT2D eigenvalue weighted by Gasteiger charge is -2.17. The quantitative estimate of drug-likeness (QED) is 0.887. The summed E-state index contributed by atoms with van der Waals surface area (Å²) >= 11 is 0. The van der Waals surface area contributed by atoms with Crippen molar-refractivity contribution in [1.82, 2.24) is 0 Å². The Hall–Kier alpha value is -2.56. The first-order chi connectivity index (χ1) is 10.1. The summed E-state index contributed by atoms with van der Waals surface area (Å²) in [6.45, 7) is 1.80. The Morgan fingerprint density at radius 1 is 1.24 bits per heavy atom. The molecule has 0 fully saturated rings. The summed E-state index contributed by atoms with van der Waals surface area (Å²) in [6, 6.07) is 12.0. The van der Waals surface area contributed by atoms with Crippen LogP contribution in [0.15, 0.2) is 48.5 Å². The van der Waals surface area contributed by atoms with Crippen LogP contribution in [-0.4, -0.2) is 17.1 Å². The highest BCUT2D eigenvalue weighted by Crippen LogP contribution is 2.19. The molecule has 1 atom stereocenters. The molecule has 21 heavy (non-hydrogen) atoms. The van der Waals surface area contributed by atoms with Gasteiger partial charge in [0.25, 0.3) is 5.91 Å². The number of rotatable bonds is 5. The zero-order valence-corrected chi connectivity index (χ0v) is 11.5. The number of anilines is 1. The molecule has 0 saturated heterocycles. The maximum atomic E-state index is 13.5. The summed E-state index contributed by atoms with van der Waals surface area (Å²) in [6.07, 6.45) is -0.310. The van der Waals surface area contributed by atoms with Gasteiger partial charge in [-0.2, -0.15) is 0 Å². The van der Waals surface area contributed by atoms with Gasteiger partial charge in [0.2, 0.25) is 0 Å². The average molecular weight is 289 g/mol. The van der Waals surface area contributed by atoms with E-state index in [4.69, 9.17) is 4.74 Å². The Morgan fingerprint density at radius 3 is 2.52 bits per heavy atom. The third-order valence-corrected chi connectivity index (χ3v) is 2.91. The molecular weight excluding hydrogens is 273 g/mol. The zero-order valence-electron chi connectivity index (χ0n) is 11.5. The molecule has 0 aliphatic rings. The number of carbonyl (C=O) groups excluding carboxylic acids is 1. The smallest absolute Gasteiger partial charge is 0.265 e. The fourth-order valence-electron chi connectivity index (χ4n) is 1.79. The normalized spacial score (nSPS) is 11.7. The summed E-state index contributed by atoms with van der Waals surface area (Å²) in [5, 5.41) is 11.7. The van der Waals surface area contributed by atoms with Gasteiger partial charge in [0.05, 0.1) is 5.69 Å². The molecule has 2 aromatic rings. The van der Waals surface area contributed by atoms with Crippen LogP contribution in [0.5, 0.6) is 11.5 Å². The van der Waals surface area contributed by atoms with Crippen LogP contribution in [0, 0.1) is 5.82 Å². The van der Waals surface area contributed by atoms with E-state index in [0.717, 1.165) is 0 Å². The van der Waals surface area contributed by atoms with E-state index in [2.05, 4.69) is 5.32 Å². The number of benzene rings is 2. The fourth-order valence-corrected chi connectivity index (χ4v) is 1.79. The van der Waals surface area contributed by atoms with E-state index in [9.17, 15) is 14.3 Å². The molecule has 1 amide bonds. The minimum Gasteiger partial charge on any atom is -0.508 e. The molecule has 2 aromatic carbocycles. The SMILES string of the molecule is CCC(Oc1ccc(O)cc1)C(=O)Nc1ccccc1F. The molecule has 2 N–H and O–H groups in total. The van der Waals surface area contributed by atoms with Crippen LogP contribution in [0.25, 0.3) is 0 Å². The lowest BCUT2D eigenvalue weighted by atomic mass is 10.2. The lowest BCUT2D eigenvalue weighted by Crippen LogP contribution is -2.32. The maximum Gasteiger partial charge on any atom is 0.265 e. The Balaban J connectivity index is 2.05. The van der Waals surface area contributed by atoms with Crippen molar-refractivity contribution in [2.24, 2.45) is 0 Å². The van der Waals surface area contributed by atoms with E-state index in [1.165, 1.54) is 24.3 Å². The molecule has 4 nitrogen and oxygen atoms in total. The van der Waals surface area contributed by atoms with Crippen molar-refractivity contribution >= 4 is 11.6 Å². The van der Waals surface area contributed by atoms with Crippen LogP contribution in [0.1, 0.15) is 13.3 Å². The van der Waals surface area contributed by atoms with E-state index in [1.807, 2.05) is 0 Å². The first-order valence-electron chi connectivity index (χ1n) is 6.61. The van der Waals surface area contributed by atoms with Gasteiger partial charge < -0.3 is 15.2 Å². The van der Waals surface area contributed by atoms with Crippen molar-refractivity contribution in [3.8, 4) is 11.5 Å². The monoisotopic (exact) mass is 289 g/mol. The molecule has 0 aromatic heterocycles. The molecule has 110 valence electrons. The second-order valence-corrected chi connectivity index (χ2v) is 4.48. The van der Waals surface area contributed by atoms with Crippen LogP contribution >= 0.6 is 0 Å². The first kappa shape index (κ1) is 14.8. The summed E-state index contributed by atoms with van der Waals surface area (Å²) in [4.78, 5) is 12.1. The first-order valence-corrected chi connectivity index (χ1v) is 6.61. The molecule has 0 spiro atoms. The third kappa shape index (κ3) is 3.95. The standard InChI is InChI=1S/C16H16FNO3/c1-2-15(21-12-9-7-11(19)8-10-12)16(20)18-14-6-4-3-5-13(14)17/h3-10,15,19H,2H2,1H3,(H,18,20). The van der Waals surface area contributed by atoms with Crippen LogP contribution in [0.2, 0.25) is 0 Å². The van der Waals surface area contributed by atoms with Gasteiger partial charge in [-0.1, -0.05) is 19.1 Å². The zero-order chi connectivity index (χ0) is 15.2. The molecule has 0 heterocycles. The van der Waals surface area contributed by atoms with Gasteiger partial charge in [0.15, 0.2) is 6.10 Å². The summed E-state index contributed by atoms with van der Waals surface area (Å²) < 4.78 is 19.1. The molecule has 5 heteroatoms. The Morgan fingerprint density at radius 2 is 1.90 bits per heavy atom. The number of para-hydroxylation sites is 1. The number of carbonyl (C=O) groups is 1. The van der Waals surface area contributed by atoms with Crippen molar-refractivity contribution in [1.29, 1.82) is 0 Å². The number of amides is 1. The predicted molar refractivity (Wildman–Crippen MR) is 77.8 cm³/mol. The van der Waals surface area contributed by atoms with E-state index in [-0.39, 0.29) is 11.4 Å². The number of hydrogen-bond acceptors (Lipinski definition) is 3. The molecule has 0 bridgehead atoms. The average Bonchev–Trinajstić information content (AvgIpc) is 2.49. The van der Waals surface area contributed by atoms with Crippen molar-refractivity contribution < 1.29 is 19.0 Å². The third-order valence-electron chi connectivity index (χ3n) is 2.91. The van der Waals surface area contributed by atoms with Gasteiger partial charge in [-0.05, 0) is 42.8 Å². The highest BCUT2D eigenvalue weighted by Gasteiger charge is 2.19. The van der Waals surface area contributed by atoms with Crippen molar-refractivity contribution in [2.45, 2.75) is 19.4 Å². The number of phenols is 1. The van der Waals surface area contributed by atoms with Crippen molar-refractivity contribution in [2.75, 3.05) is 5.32 Å². The van der Waals surface area contributed by atoms with E-state index >= 15 is 0 Å². The lowest BCUT2D eigenvalue weighted by molar-refractivity contribution is -0.122. The predicted octanol–water partition coefficient (Wildman–Crippen LogP) is 3.33. The molecule has 2 rings (SSSR count). The second-order valence-electron chi connectivity index (χ2n) is 4.48. The minimum atomic E-state index is -0.742. The number of hydrogen-bond donors (Lipinski definition) is 2. The molecule has 0 saturated carbocycles. The van der Waals surface area contributed by atoms with Gasteiger partial charge in [-0.15, -0.1) is 0 Å². The van der Waals surface area contributed by atoms with Crippen molar-refractivity contribution in [3.63, 3.8) is 0 Å². The number of nitrogens with one attached hydrogen (secondary N) is 1. The van der Waals surface area contributed by atoms with E-state index in [0.29, 0.717) is 12.2 Å². The number of halogens is 1. The Kier molecular flexibility index (Phi) is 4.77. The van der Waals surface area contributed by atoms with Crippen LogP contribution in [0.3, 0.4) is 0 Å². The molecule has 0 aliphatic carbocycles. The van der Waals surface area contributed by atoms with Crippen LogP contribution in [-0.2, 0) is 4.79 Å². The van der Waals surface area contributed by atoms with Crippen LogP contribution in [0.4, 0.5) is 10.1 Å². The number of phenolic OH excluding ortho intramolecular Hbond substituents is 1. The highest BCUT2D eigenvalue weighted by molar-refractivity contribution is 5.94. The van der Waals surface area contributed by atoms with Gasteiger partial charge >= 0.3 is 0 Å². The topological polar surface area (TPSA) is 58.6 Å².